The Morgan fingerprint density at radius 3 is 1.78 bits per heavy atom. The zero-order valence-electron chi connectivity index (χ0n) is 12.0. The fourth-order valence-corrected chi connectivity index (χ4v) is 1.48. The Morgan fingerprint density at radius 2 is 1.39 bits per heavy atom. The molecule has 0 bridgehead atoms. The molecule has 0 fully saturated rings. The zero-order valence-corrected chi connectivity index (χ0v) is 12.0. The molecule has 0 aliphatic rings. The minimum absolute atomic E-state index is 0.348. The van der Waals surface area contributed by atoms with E-state index in [1.165, 1.54) is 44.9 Å². The Balaban J connectivity index is 0. The lowest BCUT2D eigenvalue weighted by atomic mass is 10.1. The van der Waals surface area contributed by atoms with Gasteiger partial charge in [-0.05, 0) is 32.1 Å². The molecule has 0 saturated carbocycles. The third-order valence-corrected chi connectivity index (χ3v) is 2.42. The number of hydrogen-bond donors (Lipinski definition) is 2. The first kappa shape index (κ1) is 19.5. The molecule has 0 heterocycles. The van der Waals surface area contributed by atoms with Crippen molar-refractivity contribution in [3.8, 4) is 0 Å². The van der Waals surface area contributed by atoms with Crippen LogP contribution in [0.15, 0.2) is 12.2 Å². The fraction of sp³-hybridized carbons (Fsp3) is 0.800. The van der Waals surface area contributed by atoms with Crippen molar-refractivity contribution in [1.29, 1.82) is 0 Å². The van der Waals surface area contributed by atoms with Crippen molar-refractivity contribution in [2.45, 2.75) is 71.6 Å². The van der Waals surface area contributed by atoms with Crippen LogP contribution in [-0.4, -0.2) is 22.8 Å². The van der Waals surface area contributed by atoms with Gasteiger partial charge in [0.25, 0.3) is 5.97 Å². The number of carbonyl (C=O) groups is 1. The van der Waals surface area contributed by atoms with Crippen LogP contribution in [0.5, 0.6) is 0 Å². The predicted octanol–water partition coefficient (Wildman–Crippen LogP) is 4.16. The van der Waals surface area contributed by atoms with Crippen LogP contribution in [0.4, 0.5) is 0 Å². The minimum Gasteiger partial charge on any atom is -0.481 e. The van der Waals surface area contributed by atoms with E-state index >= 15 is 0 Å². The molecule has 0 aromatic heterocycles. The average molecular weight is 258 g/mol. The van der Waals surface area contributed by atoms with Gasteiger partial charge >= 0.3 is 0 Å². The van der Waals surface area contributed by atoms with Crippen molar-refractivity contribution in [3.05, 3.63) is 12.2 Å². The number of hydrogen-bond acceptors (Lipinski definition) is 2. The van der Waals surface area contributed by atoms with Crippen LogP contribution >= 0.6 is 0 Å². The van der Waals surface area contributed by atoms with E-state index in [9.17, 15) is 0 Å². The van der Waals surface area contributed by atoms with Crippen molar-refractivity contribution in [3.63, 3.8) is 0 Å². The van der Waals surface area contributed by atoms with Gasteiger partial charge in [0.2, 0.25) is 0 Å². The summed E-state index contributed by atoms with van der Waals surface area (Å²) in [6.45, 7) is 3.68. The second-order valence-corrected chi connectivity index (χ2v) is 4.41. The maximum atomic E-state index is 9.00. The van der Waals surface area contributed by atoms with E-state index in [1.807, 2.05) is 0 Å². The predicted molar refractivity (Wildman–Crippen MR) is 76.8 cm³/mol. The monoisotopic (exact) mass is 258 g/mol. The van der Waals surface area contributed by atoms with Gasteiger partial charge in [-0.15, -0.1) is 0 Å². The smallest absolute Gasteiger partial charge is 0.300 e. The lowest BCUT2D eigenvalue weighted by Gasteiger charge is -1.95. The summed E-state index contributed by atoms with van der Waals surface area (Å²) in [6, 6.07) is 0. The van der Waals surface area contributed by atoms with E-state index in [-0.39, 0.29) is 0 Å². The Morgan fingerprint density at radius 1 is 0.944 bits per heavy atom. The molecule has 0 aliphatic heterocycles. The second-order valence-electron chi connectivity index (χ2n) is 4.41. The molecule has 0 saturated heterocycles. The lowest BCUT2D eigenvalue weighted by Crippen LogP contribution is -1.81. The molecule has 0 atom stereocenters. The van der Waals surface area contributed by atoms with Crippen LogP contribution in [-0.2, 0) is 4.79 Å². The van der Waals surface area contributed by atoms with Gasteiger partial charge in [-0.25, -0.2) is 0 Å². The third kappa shape index (κ3) is 29.4. The maximum Gasteiger partial charge on any atom is 0.300 e. The van der Waals surface area contributed by atoms with Crippen LogP contribution in [0.2, 0.25) is 0 Å². The highest BCUT2D eigenvalue weighted by molar-refractivity contribution is 5.62. The number of carboxylic acid groups (broad SMARTS) is 1. The van der Waals surface area contributed by atoms with Crippen LogP contribution in [0.25, 0.3) is 0 Å². The molecule has 108 valence electrons. The Kier molecular flexibility index (Phi) is 20.1. The number of rotatable bonds is 10. The van der Waals surface area contributed by atoms with Crippen LogP contribution in [0.1, 0.15) is 71.6 Å². The van der Waals surface area contributed by atoms with Gasteiger partial charge in [0.15, 0.2) is 0 Å². The van der Waals surface area contributed by atoms with Crippen molar-refractivity contribution in [1.82, 2.24) is 0 Å². The molecular formula is C15H30O3. The molecule has 0 aromatic carbocycles. The van der Waals surface area contributed by atoms with E-state index in [2.05, 4.69) is 19.1 Å². The quantitative estimate of drug-likeness (QED) is 0.457. The summed E-state index contributed by atoms with van der Waals surface area (Å²) < 4.78 is 0. The SMILES string of the molecule is CC(=O)O.CCCCCCC=CCCCCCO. The summed E-state index contributed by atoms with van der Waals surface area (Å²) in [5.41, 5.74) is 0. The molecule has 0 unspecified atom stereocenters. The van der Waals surface area contributed by atoms with Gasteiger partial charge in [0.1, 0.15) is 0 Å². The number of aliphatic hydroxyl groups is 1. The molecule has 0 amide bonds. The fourth-order valence-electron chi connectivity index (χ4n) is 1.48. The Labute approximate surface area is 112 Å². The van der Waals surface area contributed by atoms with Crippen molar-refractivity contribution >= 4 is 5.97 Å². The van der Waals surface area contributed by atoms with Gasteiger partial charge in [0.05, 0.1) is 0 Å². The molecule has 3 nitrogen and oxygen atoms in total. The van der Waals surface area contributed by atoms with Crippen LogP contribution < -0.4 is 0 Å². The highest BCUT2D eigenvalue weighted by atomic mass is 16.4. The first-order chi connectivity index (χ1) is 8.65. The number of aliphatic hydroxyl groups excluding tert-OH is 1. The molecule has 0 spiro atoms. The summed E-state index contributed by atoms with van der Waals surface area (Å²) in [5.74, 6) is -0.833. The van der Waals surface area contributed by atoms with E-state index < -0.39 is 5.97 Å². The average Bonchev–Trinajstić information content (AvgIpc) is 2.31. The molecule has 2 N–H and O–H groups in total. The third-order valence-electron chi connectivity index (χ3n) is 2.42. The summed E-state index contributed by atoms with van der Waals surface area (Å²) in [7, 11) is 0. The van der Waals surface area contributed by atoms with Gasteiger partial charge in [0, 0.05) is 13.5 Å². The maximum absolute atomic E-state index is 9.00. The topological polar surface area (TPSA) is 57.5 Å². The van der Waals surface area contributed by atoms with Gasteiger partial charge in [-0.1, -0.05) is 44.8 Å². The number of carboxylic acids is 1. The van der Waals surface area contributed by atoms with Gasteiger partial charge in [-0.2, -0.15) is 0 Å². The minimum atomic E-state index is -0.833. The normalized spacial score (nSPS) is 10.2. The highest BCUT2D eigenvalue weighted by Crippen LogP contribution is 2.05. The molecule has 0 aliphatic carbocycles. The van der Waals surface area contributed by atoms with Crippen molar-refractivity contribution in [2.24, 2.45) is 0 Å². The van der Waals surface area contributed by atoms with E-state index in [0.29, 0.717) is 6.61 Å². The Hall–Kier alpha value is -0.830. The highest BCUT2D eigenvalue weighted by Gasteiger charge is 1.86. The largest absolute Gasteiger partial charge is 0.481 e. The van der Waals surface area contributed by atoms with E-state index in [1.54, 1.807) is 0 Å². The summed E-state index contributed by atoms with van der Waals surface area (Å²) in [4.78, 5) is 9.00. The van der Waals surface area contributed by atoms with Crippen molar-refractivity contribution in [2.75, 3.05) is 6.61 Å². The molecule has 18 heavy (non-hydrogen) atoms. The Bertz CT molecular complexity index is 170. The van der Waals surface area contributed by atoms with Crippen LogP contribution in [0.3, 0.4) is 0 Å². The second kappa shape index (κ2) is 18.5. The molecule has 0 radical (unpaired) electrons. The van der Waals surface area contributed by atoms with E-state index in [4.69, 9.17) is 15.0 Å². The number of unbranched alkanes of at least 4 members (excludes halogenated alkanes) is 7. The molecule has 0 aromatic rings. The lowest BCUT2D eigenvalue weighted by molar-refractivity contribution is -0.134. The van der Waals surface area contributed by atoms with Crippen molar-refractivity contribution < 1.29 is 15.0 Å². The first-order valence-corrected chi connectivity index (χ1v) is 7.10. The number of allylic oxidation sites excluding steroid dienone is 2. The summed E-state index contributed by atoms with van der Waals surface area (Å²) in [6.07, 6.45) is 15.8. The summed E-state index contributed by atoms with van der Waals surface area (Å²) >= 11 is 0. The van der Waals surface area contributed by atoms with Crippen LogP contribution in [0, 0.1) is 0 Å². The number of aliphatic carboxylic acids is 1. The summed E-state index contributed by atoms with van der Waals surface area (Å²) in [5, 5.41) is 16.0. The first-order valence-electron chi connectivity index (χ1n) is 7.10. The molecule has 0 rings (SSSR count). The van der Waals surface area contributed by atoms with Gasteiger partial charge in [-0.3, -0.25) is 4.79 Å². The zero-order chi connectivity index (χ0) is 14.1. The van der Waals surface area contributed by atoms with E-state index in [0.717, 1.165) is 19.8 Å². The standard InChI is InChI=1S/C13H26O.C2H4O2/c1-2-3-4-5-6-7-8-9-10-11-12-13-14;1-2(3)4/h7-8,14H,2-6,9-13H2,1H3;1H3,(H,3,4). The molecular weight excluding hydrogens is 228 g/mol. The molecule has 3 heteroatoms. The van der Waals surface area contributed by atoms with Gasteiger partial charge < -0.3 is 10.2 Å².